The topological polar surface area (TPSA) is 91.7 Å². The summed E-state index contributed by atoms with van der Waals surface area (Å²) in [7, 11) is 0. The van der Waals surface area contributed by atoms with Gasteiger partial charge in [0.2, 0.25) is 0 Å². The number of aliphatic hydroxyl groups is 3. The molecule has 0 amide bonds. The van der Waals surface area contributed by atoms with Crippen LogP contribution in [-0.4, -0.2) is 65.3 Å². The van der Waals surface area contributed by atoms with Crippen molar-refractivity contribution >= 4 is 0 Å². The van der Waals surface area contributed by atoms with E-state index in [0.717, 1.165) is 25.7 Å². The summed E-state index contributed by atoms with van der Waals surface area (Å²) in [4.78, 5) is 0. The molecule has 2 saturated heterocycles. The number of ether oxygens (including phenoxy) is 3. The van der Waals surface area contributed by atoms with Crippen molar-refractivity contribution in [2.24, 2.45) is 5.92 Å². The van der Waals surface area contributed by atoms with Gasteiger partial charge in [-0.3, -0.25) is 0 Å². The van der Waals surface area contributed by atoms with Crippen molar-refractivity contribution in [3.63, 3.8) is 0 Å². The van der Waals surface area contributed by atoms with E-state index in [1.54, 1.807) is 0 Å². The van der Waals surface area contributed by atoms with Crippen molar-refractivity contribution in [2.75, 3.05) is 13.2 Å². The molecule has 0 bridgehead atoms. The van der Waals surface area contributed by atoms with Gasteiger partial charge in [-0.25, -0.2) is 0 Å². The fourth-order valence-electron chi connectivity index (χ4n) is 3.42. The highest BCUT2D eigenvalue weighted by Crippen LogP contribution is 2.35. The molecule has 0 spiro atoms. The highest BCUT2D eigenvalue weighted by Gasteiger charge is 2.47. The number of epoxide rings is 1. The highest BCUT2D eigenvalue weighted by molar-refractivity contribution is 4.92. The van der Waals surface area contributed by atoms with Crippen molar-refractivity contribution in [3.05, 3.63) is 0 Å². The Morgan fingerprint density at radius 3 is 2.38 bits per heavy atom. The molecule has 21 heavy (non-hydrogen) atoms. The molecule has 1 saturated carbocycles. The predicted molar refractivity (Wildman–Crippen MR) is 73.6 cm³/mol. The standard InChI is InChI=1S/C15H26O6/c16-7-12-14(18)13(17)11(6-10-8-19-10)15(21-12)20-9-4-2-1-3-5-9/h9-18H,1-8H2/t10?,11-,12-,13-,14-,15+/m1/s1. The summed E-state index contributed by atoms with van der Waals surface area (Å²) in [6, 6.07) is 0. The molecule has 2 heterocycles. The first-order chi connectivity index (χ1) is 10.2. The molecule has 2 aliphatic heterocycles. The Kier molecular flexibility index (Phi) is 5.14. The quantitative estimate of drug-likeness (QED) is 0.628. The van der Waals surface area contributed by atoms with Crippen molar-refractivity contribution in [3.8, 4) is 0 Å². The molecule has 1 aliphatic carbocycles. The second kappa shape index (κ2) is 6.89. The molecule has 0 aromatic rings. The lowest BCUT2D eigenvalue weighted by atomic mass is 9.87. The van der Waals surface area contributed by atoms with Gasteiger partial charge in [-0.15, -0.1) is 0 Å². The second-order valence-corrected chi connectivity index (χ2v) is 6.46. The minimum Gasteiger partial charge on any atom is -0.394 e. The van der Waals surface area contributed by atoms with Crippen molar-refractivity contribution in [1.82, 2.24) is 0 Å². The van der Waals surface area contributed by atoms with Crippen LogP contribution < -0.4 is 0 Å². The zero-order valence-corrected chi connectivity index (χ0v) is 12.3. The smallest absolute Gasteiger partial charge is 0.164 e. The van der Waals surface area contributed by atoms with E-state index in [2.05, 4.69) is 0 Å². The van der Waals surface area contributed by atoms with Gasteiger partial charge in [-0.1, -0.05) is 19.3 Å². The zero-order chi connectivity index (χ0) is 14.8. The largest absolute Gasteiger partial charge is 0.394 e. The van der Waals surface area contributed by atoms with Gasteiger partial charge >= 0.3 is 0 Å². The van der Waals surface area contributed by atoms with Crippen LogP contribution in [0.1, 0.15) is 38.5 Å². The SMILES string of the molecule is OC[C@H]1O[C@H](OC2CCCCC2)[C@H](CC2CO2)[C@@H](O)[C@@H]1O. The van der Waals surface area contributed by atoms with Crippen LogP contribution in [0.3, 0.4) is 0 Å². The predicted octanol–water partition coefficient (Wildman–Crippen LogP) is 0.180. The minimum absolute atomic E-state index is 0.128. The summed E-state index contributed by atoms with van der Waals surface area (Å²) in [5.74, 6) is -0.308. The first kappa shape index (κ1) is 15.6. The van der Waals surface area contributed by atoms with Crippen LogP contribution in [0.2, 0.25) is 0 Å². The first-order valence-electron chi connectivity index (χ1n) is 8.08. The number of hydrogen-bond acceptors (Lipinski definition) is 6. The Morgan fingerprint density at radius 2 is 1.76 bits per heavy atom. The minimum atomic E-state index is -1.08. The van der Waals surface area contributed by atoms with E-state index in [0.29, 0.717) is 13.0 Å². The molecule has 0 aromatic heterocycles. The lowest BCUT2D eigenvalue weighted by Crippen LogP contribution is -2.57. The van der Waals surface area contributed by atoms with Crippen LogP contribution in [0.5, 0.6) is 0 Å². The van der Waals surface area contributed by atoms with Crippen molar-refractivity contribution < 1.29 is 29.5 Å². The Balaban J connectivity index is 1.65. The Morgan fingerprint density at radius 1 is 1.05 bits per heavy atom. The van der Waals surface area contributed by atoms with Crippen molar-refractivity contribution in [2.45, 2.75) is 75.3 Å². The average Bonchev–Trinajstić information content (AvgIpc) is 3.32. The van der Waals surface area contributed by atoms with E-state index in [4.69, 9.17) is 14.2 Å². The first-order valence-corrected chi connectivity index (χ1v) is 8.08. The van der Waals surface area contributed by atoms with Gasteiger partial charge in [0, 0.05) is 5.92 Å². The van der Waals surface area contributed by atoms with Gasteiger partial charge in [0.25, 0.3) is 0 Å². The zero-order valence-electron chi connectivity index (χ0n) is 12.3. The molecular formula is C15H26O6. The van der Waals surface area contributed by atoms with Gasteiger partial charge < -0.3 is 29.5 Å². The fourth-order valence-corrected chi connectivity index (χ4v) is 3.42. The average molecular weight is 302 g/mol. The van der Waals surface area contributed by atoms with Crippen LogP contribution >= 0.6 is 0 Å². The van der Waals surface area contributed by atoms with Crippen LogP contribution in [0.25, 0.3) is 0 Å². The molecule has 3 aliphatic rings. The number of aliphatic hydroxyl groups excluding tert-OH is 3. The molecule has 0 radical (unpaired) electrons. The molecule has 6 nitrogen and oxygen atoms in total. The number of rotatable bonds is 5. The molecule has 6 heteroatoms. The third-order valence-electron chi connectivity index (χ3n) is 4.82. The molecule has 6 atom stereocenters. The molecule has 3 fully saturated rings. The third kappa shape index (κ3) is 3.75. The summed E-state index contributed by atoms with van der Waals surface area (Å²) in [5, 5.41) is 29.7. The molecule has 1 unspecified atom stereocenters. The van der Waals surface area contributed by atoms with Gasteiger partial charge in [0.1, 0.15) is 12.2 Å². The van der Waals surface area contributed by atoms with Crippen molar-refractivity contribution in [1.29, 1.82) is 0 Å². The van der Waals surface area contributed by atoms with E-state index in [1.165, 1.54) is 6.42 Å². The summed E-state index contributed by atoms with van der Waals surface area (Å²) in [5.41, 5.74) is 0. The number of hydrogen-bond donors (Lipinski definition) is 3. The monoisotopic (exact) mass is 302 g/mol. The molecule has 3 rings (SSSR count). The maximum Gasteiger partial charge on any atom is 0.164 e. The van der Waals surface area contributed by atoms with E-state index in [9.17, 15) is 15.3 Å². The second-order valence-electron chi connectivity index (χ2n) is 6.46. The summed E-state index contributed by atoms with van der Waals surface area (Å²) in [6.45, 7) is 0.369. The lowest BCUT2D eigenvalue weighted by molar-refractivity contribution is -0.300. The van der Waals surface area contributed by atoms with Gasteiger partial charge in [0.05, 0.1) is 31.5 Å². The van der Waals surface area contributed by atoms with Gasteiger partial charge in [-0.2, -0.15) is 0 Å². The van der Waals surface area contributed by atoms with Gasteiger partial charge in [0.15, 0.2) is 6.29 Å². The van der Waals surface area contributed by atoms with Crippen LogP contribution in [-0.2, 0) is 14.2 Å². The van der Waals surface area contributed by atoms with Gasteiger partial charge in [-0.05, 0) is 19.3 Å². The summed E-state index contributed by atoms with van der Waals surface area (Å²) < 4.78 is 17.0. The van der Waals surface area contributed by atoms with Crippen LogP contribution in [0.4, 0.5) is 0 Å². The van der Waals surface area contributed by atoms with Crippen LogP contribution in [0, 0.1) is 5.92 Å². The van der Waals surface area contributed by atoms with Crippen LogP contribution in [0.15, 0.2) is 0 Å². The highest BCUT2D eigenvalue weighted by atomic mass is 16.7. The maximum atomic E-state index is 10.3. The van der Waals surface area contributed by atoms with E-state index < -0.39 is 24.6 Å². The summed E-state index contributed by atoms with van der Waals surface area (Å²) >= 11 is 0. The maximum absolute atomic E-state index is 10.3. The van der Waals surface area contributed by atoms with E-state index in [1.807, 2.05) is 0 Å². The molecule has 3 N–H and O–H groups in total. The Hall–Kier alpha value is -0.240. The molecular weight excluding hydrogens is 276 g/mol. The third-order valence-corrected chi connectivity index (χ3v) is 4.82. The fraction of sp³-hybridized carbons (Fsp3) is 1.00. The lowest BCUT2D eigenvalue weighted by Gasteiger charge is -2.43. The van der Waals surface area contributed by atoms with E-state index in [-0.39, 0.29) is 24.7 Å². The molecule has 0 aromatic carbocycles. The summed E-state index contributed by atoms with van der Waals surface area (Å²) in [6.07, 6.45) is 3.07. The Bertz CT molecular complexity index is 328. The Labute approximate surface area is 125 Å². The van der Waals surface area contributed by atoms with E-state index >= 15 is 0 Å². The molecule has 122 valence electrons. The normalized spacial score (nSPS) is 44.7.